The Bertz CT molecular complexity index is 566. The highest BCUT2D eigenvalue weighted by Gasteiger charge is 2.13. The van der Waals surface area contributed by atoms with Crippen LogP contribution in [0.2, 0.25) is 0 Å². The maximum Gasteiger partial charge on any atom is 0.191 e. The van der Waals surface area contributed by atoms with E-state index in [0.29, 0.717) is 12.6 Å². The molecule has 0 aliphatic carbocycles. The van der Waals surface area contributed by atoms with E-state index in [4.69, 9.17) is 14.2 Å². The van der Waals surface area contributed by atoms with Crippen LogP contribution in [-0.4, -0.2) is 57.6 Å². The zero-order chi connectivity index (χ0) is 19.3. The van der Waals surface area contributed by atoms with E-state index >= 15 is 0 Å². The molecule has 0 bridgehead atoms. The molecule has 0 saturated carbocycles. The number of benzene rings is 1. The van der Waals surface area contributed by atoms with Gasteiger partial charge in [0.25, 0.3) is 0 Å². The lowest BCUT2D eigenvalue weighted by atomic mass is 10.1. The van der Waals surface area contributed by atoms with Crippen LogP contribution in [-0.2, 0) is 9.47 Å². The Morgan fingerprint density at radius 1 is 1.29 bits per heavy atom. The predicted octanol–water partition coefficient (Wildman–Crippen LogP) is 3.52. The van der Waals surface area contributed by atoms with Gasteiger partial charge in [0.05, 0.1) is 12.6 Å². The number of halogens is 1. The van der Waals surface area contributed by atoms with Gasteiger partial charge in [-0.15, -0.1) is 24.0 Å². The van der Waals surface area contributed by atoms with Crippen LogP contribution < -0.4 is 15.4 Å². The normalized spacial score (nSPS) is 16.2. The summed E-state index contributed by atoms with van der Waals surface area (Å²) in [5.74, 6) is 1.71. The maximum atomic E-state index is 5.94. The fraction of sp³-hybridized carbons (Fsp3) is 0.667. The zero-order valence-electron chi connectivity index (χ0n) is 17.4. The molecule has 6 nitrogen and oxygen atoms in total. The molecule has 1 heterocycles. The number of ether oxygens (including phenoxy) is 3. The van der Waals surface area contributed by atoms with Crippen molar-refractivity contribution in [3.05, 3.63) is 29.8 Å². The zero-order valence-corrected chi connectivity index (χ0v) is 19.7. The molecule has 0 amide bonds. The first-order valence-electron chi connectivity index (χ1n) is 10.1. The van der Waals surface area contributed by atoms with Gasteiger partial charge in [-0.25, -0.2) is 4.99 Å². The van der Waals surface area contributed by atoms with Crippen molar-refractivity contribution >= 4 is 29.9 Å². The number of aliphatic imine (C=N–C) groups is 1. The van der Waals surface area contributed by atoms with E-state index in [0.717, 1.165) is 63.9 Å². The molecule has 160 valence electrons. The van der Waals surface area contributed by atoms with E-state index < -0.39 is 0 Å². The molecule has 2 rings (SSSR count). The van der Waals surface area contributed by atoms with Gasteiger partial charge in [-0.05, 0) is 57.7 Å². The summed E-state index contributed by atoms with van der Waals surface area (Å²) in [7, 11) is 0. The van der Waals surface area contributed by atoms with Crippen LogP contribution >= 0.6 is 24.0 Å². The molecule has 0 radical (unpaired) electrons. The molecule has 0 spiro atoms. The van der Waals surface area contributed by atoms with Gasteiger partial charge < -0.3 is 24.8 Å². The Morgan fingerprint density at radius 3 is 2.79 bits per heavy atom. The van der Waals surface area contributed by atoms with E-state index in [1.165, 1.54) is 5.56 Å². The second-order valence-electron chi connectivity index (χ2n) is 6.93. The van der Waals surface area contributed by atoms with E-state index in [2.05, 4.69) is 35.5 Å². The molecule has 28 heavy (non-hydrogen) atoms. The average Bonchev–Trinajstić information content (AvgIpc) is 2.66. The van der Waals surface area contributed by atoms with Crippen molar-refractivity contribution < 1.29 is 14.2 Å². The molecule has 1 saturated heterocycles. The molecule has 1 atom stereocenters. The van der Waals surface area contributed by atoms with Crippen molar-refractivity contribution in [3.63, 3.8) is 0 Å². The molecule has 7 heteroatoms. The minimum absolute atomic E-state index is 0. The summed E-state index contributed by atoms with van der Waals surface area (Å²) in [5.41, 5.74) is 1.20. The summed E-state index contributed by atoms with van der Waals surface area (Å²) in [6.45, 7) is 10.8. The lowest BCUT2D eigenvalue weighted by Crippen LogP contribution is -2.39. The maximum absolute atomic E-state index is 5.94. The van der Waals surface area contributed by atoms with Gasteiger partial charge >= 0.3 is 0 Å². The van der Waals surface area contributed by atoms with E-state index in [1.54, 1.807) is 0 Å². The van der Waals surface area contributed by atoms with Crippen molar-refractivity contribution in [3.8, 4) is 5.75 Å². The molecule has 1 aliphatic heterocycles. The first-order valence-corrected chi connectivity index (χ1v) is 10.1. The van der Waals surface area contributed by atoms with Crippen LogP contribution in [0.25, 0.3) is 0 Å². The van der Waals surface area contributed by atoms with Gasteiger partial charge in [0.15, 0.2) is 5.96 Å². The van der Waals surface area contributed by atoms with Crippen molar-refractivity contribution in [2.75, 3.05) is 39.5 Å². The fourth-order valence-corrected chi connectivity index (χ4v) is 2.89. The molecule has 0 aromatic heterocycles. The second kappa shape index (κ2) is 14.9. The minimum Gasteiger partial charge on any atom is -0.489 e. The highest BCUT2D eigenvalue weighted by Crippen LogP contribution is 2.14. The molecule has 1 aromatic carbocycles. The number of aryl methyl sites for hydroxylation is 1. The molecular weight excluding hydrogens is 469 g/mol. The van der Waals surface area contributed by atoms with Crippen LogP contribution in [0.1, 0.15) is 38.7 Å². The third kappa shape index (κ3) is 10.5. The topological polar surface area (TPSA) is 64.1 Å². The molecular formula is C21H36IN3O3. The summed E-state index contributed by atoms with van der Waals surface area (Å²) >= 11 is 0. The number of rotatable bonds is 10. The minimum atomic E-state index is 0. The molecule has 1 aliphatic rings. The van der Waals surface area contributed by atoms with Crippen molar-refractivity contribution in [2.24, 2.45) is 4.99 Å². The summed E-state index contributed by atoms with van der Waals surface area (Å²) in [6, 6.07) is 8.10. The fourth-order valence-electron chi connectivity index (χ4n) is 2.89. The average molecular weight is 505 g/mol. The Balaban J connectivity index is 0.00000392. The van der Waals surface area contributed by atoms with Crippen molar-refractivity contribution in [2.45, 2.75) is 52.2 Å². The van der Waals surface area contributed by atoms with Gasteiger partial charge in [0, 0.05) is 32.9 Å². The van der Waals surface area contributed by atoms with E-state index in [1.807, 2.05) is 25.1 Å². The number of nitrogens with zero attached hydrogens (tertiary/aromatic N) is 1. The number of nitrogens with one attached hydrogen (secondary N) is 2. The lowest BCUT2D eigenvalue weighted by molar-refractivity contribution is -0.0320. The standard InChI is InChI=1S/C21H35N3O3.HI/c1-4-22-21(23-11-6-12-26-19-9-13-25-14-10-19)24-16-18(3)27-20-8-5-7-17(2)15-20;/h5,7-8,15,18-19H,4,6,9-14,16H2,1-3H3,(H2,22,23,24);1H. The Kier molecular flexibility index (Phi) is 13.3. The van der Waals surface area contributed by atoms with Gasteiger partial charge in [-0.1, -0.05) is 12.1 Å². The Hall–Kier alpha value is -1.06. The molecule has 2 N–H and O–H groups in total. The number of guanidine groups is 1. The van der Waals surface area contributed by atoms with Crippen LogP contribution in [0.5, 0.6) is 5.75 Å². The Morgan fingerprint density at radius 2 is 2.07 bits per heavy atom. The van der Waals surface area contributed by atoms with Crippen LogP contribution in [0.4, 0.5) is 0 Å². The summed E-state index contributed by atoms with van der Waals surface area (Å²) in [5, 5.41) is 6.64. The number of hydrogen-bond donors (Lipinski definition) is 2. The van der Waals surface area contributed by atoms with Gasteiger partial charge in [-0.2, -0.15) is 0 Å². The summed E-state index contributed by atoms with van der Waals surface area (Å²) < 4.78 is 17.2. The Labute approximate surface area is 186 Å². The third-order valence-electron chi connectivity index (χ3n) is 4.31. The quantitative estimate of drug-likeness (QED) is 0.221. The predicted molar refractivity (Wildman–Crippen MR) is 125 cm³/mol. The van der Waals surface area contributed by atoms with Gasteiger partial charge in [-0.3, -0.25) is 0 Å². The molecule has 1 fully saturated rings. The van der Waals surface area contributed by atoms with E-state index in [9.17, 15) is 0 Å². The SMILES string of the molecule is CCNC(=NCC(C)Oc1cccc(C)c1)NCCCOC1CCOCC1.I. The van der Waals surface area contributed by atoms with Crippen LogP contribution in [0.3, 0.4) is 0 Å². The second-order valence-corrected chi connectivity index (χ2v) is 6.93. The van der Waals surface area contributed by atoms with Crippen molar-refractivity contribution in [1.82, 2.24) is 10.6 Å². The van der Waals surface area contributed by atoms with Crippen LogP contribution in [0, 0.1) is 6.92 Å². The molecule has 1 unspecified atom stereocenters. The highest BCUT2D eigenvalue weighted by molar-refractivity contribution is 14.0. The van der Waals surface area contributed by atoms with Crippen LogP contribution in [0.15, 0.2) is 29.3 Å². The van der Waals surface area contributed by atoms with Gasteiger partial charge in [0.2, 0.25) is 0 Å². The third-order valence-corrected chi connectivity index (χ3v) is 4.31. The highest BCUT2D eigenvalue weighted by atomic mass is 127. The summed E-state index contributed by atoms with van der Waals surface area (Å²) in [4.78, 5) is 4.63. The monoisotopic (exact) mass is 505 g/mol. The van der Waals surface area contributed by atoms with E-state index in [-0.39, 0.29) is 30.1 Å². The first-order chi connectivity index (χ1) is 13.2. The van der Waals surface area contributed by atoms with Crippen molar-refractivity contribution in [1.29, 1.82) is 0 Å². The summed E-state index contributed by atoms with van der Waals surface area (Å²) in [6.07, 6.45) is 3.35. The smallest absolute Gasteiger partial charge is 0.191 e. The number of hydrogen-bond acceptors (Lipinski definition) is 4. The largest absolute Gasteiger partial charge is 0.489 e. The lowest BCUT2D eigenvalue weighted by Gasteiger charge is -2.22. The molecule has 1 aromatic rings. The van der Waals surface area contributed by atoms with Gasteiger partial charge in [0.1, 0.15) is 11.9 Å². The first kappa shape index (κ1) is 25.0.